The summed E-state index contributed by atoms with van der Waals surface area (Å²) in [5.74, 6) is -0.624. The van der Waals surface area contributed by atoms with Gasteiger partial charge in [-0.3, -0.25) is 4.79 Å². The molecule has 3 aromatic rings. The van der Waals surface area contributed by atoms with E-state index in [1.807, 2.05) is 6.07 Å². The number of aromatic nitrogens is 2. The van der Waals surface area contributed by atoms with E-state index >= 15 is 0 Å². The molecular formula is C15H12FN3O. The predicted octanol–water partition coefficient (Wildman–Crippen LogP) is 2.88. The highest BCUT2D eigenvalue weighted by molar-refractivity contribution is 5.94. The molecular weight excluding hydrogens is 257 g/mol. The van der Waals surface area contributed by atoms with Crippen molar-refractivity contribution in [1.82, 2.24) is 9.97 Å². The van der Waals surface area contributed by atoms with Gasteiger partial charge in [0.2, 0.25) is 5.91 Å². The van der Waals surface area contributed by atoms with Gasteiger partial charge in [-0.25, -0.2) is 9.37 Å². The van der Waals surface area contributed by atoms with Crippen LogP contribution in [0.25, 0.3) is 11.0 Å². The van der Waals surface area contributed by atoms with E-state index in [0.29, 0.717) is 11.3 Å². The number of rotatable bonds is 3. The van der Waals surface area contributed by atoms with Crippen molar-refractivity contribution in [3.05, 3.63) is 60.2 Å². The number of nitrogens with zero attached hydrogens (tertiary/aromatic N) is 1. The molecule has 0 bridgehead atoms. The van der Waals surface area contributed by atoms with Gasteiger partial charge in [-0.15, -0.1) is 0 Å². The summed E-state index contributed by atoms with van der Waals surface area (Å²) >= 11 is 0. The van der Waals surface area contributed by atoms with Crippen LogP contribution in [0.1, 0.15) is 5.56 Å². The van der Waals surface area contributed by atoms with Crippen LogP contribution >= 0.6 is 0 Å². The third-order valence-corrected chi connectivity index (χ3v) is 3.01. The molecule has 1 heterocycles. The molecule has 0 spiro atoms. The van der Waals surface area contributed by atoms with E-state index in [0.717, 1.165) is 11.0 Å². The second kappa shape index (κ2) is 5.13. The Morgan fingerprint density at radius 3 is 2.95 bits per heavy atom. The van der Waals surface area contributed by atoms with Gasteiger partial charge in [-0.05, 0) is 29.8 Å². The molecule has 1 aromatic heterocycles. The van der Waals surface area contributed by atoms with Crippen molar-refractivity contribution in [2.45, 2.75) is 6.42 Å². The zero-order valence-corrected chi connectivity index (χ0v) is 10.6. The minimum Gasteiger partial charge on any atom is -0.345 e. The van der Waals surface area contributed by atoms with Crippen molar-refractivity contribution in [2.75, 3.05) is 5.32 Å². The number of carbonyl (C=O) groups excluding carboxylic acids is 1. The van der Waals surface area contributed by atoms with Crippen LogP contribution in [0.15, 0.2) is 48.8 Å². The Morgan fingerprint density at radius 2 is 2.10 bits per heavy atom. The van der Waals surface area contributed by atoms with Gasteiger partial charge < -0.3 is 10.3 Å². The van der Waals surface area contributed by atoms with Crippen LogP contribution in [0.5, 0.6) is 0 Å². The summed E-state index contributed by atoms with van der Waals surface area (Å²) in [6.45, 7) is 0. The second-order valence-electron chi connectivity index (χ2n) is 4.45. The molecule has 0 saturated carbocycles. The van der Waals surface area contributed by atoms with Gasteiger partial charge in [0, 0.05) is 5.69 Å². The van der Waals surface area contributed by atoms with E-state index < -0.39 is 0 Å². The van der Waals surface area contributed by atoms with E-state index in [1.165, 1.54) is 6.07 Å². The first kappa shape index (κ1) is 12.3. The zero-order valence-electron chi connectivity index (χ0n) is 10.6. The Morgan fingerprint density at radius 1 is 1.25 bits per heavy atom. The Hall–Kier alpha value is -2.69. The molecule has 20 heavy (non-hydrogen) atoms. The van der Waals surface area contributed by atoms with E-state index in [2.05, 4.69) is 15.3 Å². The summed E-state index contributed by atoms with van der Waals surface area (Å²) in [6.07, 6.45) is 1.60. The number of hydrogen-bond acceptors (Lipinski definition) is 2. The molecule has 0 unspecified atom stereocenters. The minimum atomic E-state index is -0.369. The highest BCUT2D eigenvalue weighted by Gasteiger charge is 2.08. The van der Waals surface area contributed by atoms with Crippen LogP contribution in [-0.2, 0) is 11.2 Å². The number of amides is 1. The molecule has 2 N–H and O–H groups in total. The molecule has 3 rings (SSSR count). The topological polar surface area (TPSA) is 57.8 Å². The fourth-order valence-electron chi connectivity index (χ4n) is 2.03. The van der Waals surface area contributed by atoms with Gasteiger partial charge in [0.05, 0.1) is 23.8 Å². The van der Waals surface area contributed by atoms with Gasteiger partial charge >= 0.3 is 0 Å². The number of H-pyrrole nitrogens is 1. The van der Waals surface area contributed by atoms with Crippen molar-refractivity contribution in [3.8, 4) is 0 Å². The number of anilines is 1. The lowest BCUT2D eigenvalue weighted by Crippen LogP contribution is -2.15. The summed E-state index contributed by atoms with van der Waals surface area (Å²) < 4.78 is 13.5. The summed E-state index contributed by atoms with van der Waals surface area (Å²) in [5.41, 5.74) is 2.71. The van der Waals surface area contributed by atoms with Gasteiger partial charge in [0.1, 0.15) is 5.82 Å². The Labute approximate surface area is 114 Å². The molecule has 0 atom stereocenters. The van der Waals surface area contributed by atoms with Crippen molar-refractivity contribution in [2.24, 2.45) is 0 Å². The molecule has 0 radical (unpaired) electrons. The molecule has 0 saturated heterocycles. The average Bonchev–Trinajstić information content (AvgIpc) is 2.89. The first-order chi connectivity index (χ1) is 9.72. The number of fused-ring (bicyclic) bond motifs is 1. The van der Waals surface area contributed by atoms with Crippen molar-refractivity contribution in [1.29, 1.82) is 0 Å². The fourth-order valence-corrected chi connectivity index (χ4v) is 2.03. The van der Waals surface area contributed by atoms with Gasteiger partial charge in [-0.1, -0.05) is 18.2 Å². The maximum absolute atomic E-state index is 13.5. The lowest BCUT2D eigenvalue weighted by molar-refractivity contribution is -0.115. The number of halogens is 1. The van der Waals surface area contributed by atoms with Crippen LogP contribution in [0.2, 0.25) is 0 Å². The average molecular weight is 269 g/mol. The summed E-state index contributed by atoms with van der Waals surface area (Å²) in [7, 11) is 0. The molecule has 0 aliphatic rings. The quantitative estimate of drug-likeness (QED) is 0.768. The molecule has 0 aliphatic carbocycles. The smallest absolute Gasteiger partial charge is 0.228 e. The second-order valence-corrected chi connectivity index (χ2v) is 4.45. The minimum absolute atomic E-state index is 0.00763. The van der Waals surface area contributed by atoms with Gasteiger partial charge in [0.25, 0.3) is 0 Å². The van der Waals surface area contributed by atoms with Crippen molar-refractivity contribution in [3.63, 3.8) is 0 Å². The maximum atomic E-state index is 13.5. The van der Waals surface area contributed by atoms with Crippen LogP contribution in [0.4, 0.5) is 10.1 Å². The molecule has 1 amide bonds. The Bertz CT molecular complexity index is 766. The van der Waals surface area contributed by atoms with Crippen LogP contribution in [-0.4, -0.2) is 15.9 Å². The monoisotopic (exact) mass is 269 g/mol. The summed E-state index contributed by atoms with van der Waals surface area (Å²) in [4.78, 5) is 19.0. The number of imidazole rings is 1. The number of hydrogen-bond donors (Lipinski definition) is 2. The molecule has 0 aliphatic heterocycles. The van der Waals surface area contributed by atoms with Crippen LogP contribution in [0.3, 0.4) is 0 Å². The standard InChI is InChI=1S/C15H12FN3O/c16-12-4-2-1-3-10(12)7-15(20)19-11-5-6-13-14(8-11)18-9-17-13/h1-6,8-9H,7H2,(H,17,18)(H,19,20). The number of nitrogens with one attached hydrogen (secondary N) is 2. The summed E-state index contributed by atoms with van der Waals surface area (Å²) in [6, 6.07) is 11.6. The number of aromatic amines is 1. The Balaban J connectivity index is 1.74. The van der Waals surface area contributed by atoms with E-state index in [4.69, 9.17) is 0 Å². The first-order valence-electron chi connectivity index (χ1n) is 6.19. The van der Waals surface area contributed by atoms with E-state index in [1.54, 1.807) is 36.7 Å². The maximum Gasteiger partial charge on any atom is 0.228 e. The SMILES string of the molecule is O=C(Cc1ccccc1F)Nc1ccc2nc[nH]c2c1. The fraction of sp³-hybridized carbons (Fsp3) is 0.0667. The van der Waals surface area contributed by atoms with Crippen LogP contribution in [0, 0.1) is 5.82 Å². The molecule has 2 aromatic carbocycles. The predicted molar refractivity (Wildman–Crippen MR) is 74.8 cm³/mol. The largest absolute Gasteiger partial charge is 0.345 e. The lowest BCUT2D eigenvalue weighted by atomic mass is 10.1. The molecule has 4 nitrogen and oxygen atoms in total. The highest BCUT2D eigenvalue weighted by atomic mass is 19.1. The van der Waals surface area contributed by atoms with E-state index in [9.17, 15) is 9.18 Å². The normalized spacial score (nSPS) is 10.7. The molecule has 5 heteroatoms. The molecule has 0 fully saturated rings. The van der Waals surface area contributed by atoms with Crippen molar-refractivity contribution < 1.29 is 9.18 Å². The lowest BCUT2D eigenvalue weighted by Gasteiger charge is -2.06. The number of carbonyl (C=O) groups is 1. The van der Waals surface area contributed by atoms with Crippen molar-refractivity contribution >= 4 is 22.6 Å². The highest BCUT2D eigenvalue weighted by Crippen LogP contribution is 2.16. The Kier molecular flexibility index (Phi) is 3.16. The zero-order chi connectivity index (χ0) is 13.9. The number of benzene rings is 2. The third-order valence-electron chi connectivity index (χ3n) is 3.01. The summed E-state index contributed by atoms with van der Waals surface area (Å²) in [5, 5.41) is 2.75. The molecule has 100 valence electrons. The van der Waals surface area contributed by atoms with Crippen LogP contribution < -0.4 is 5.32 Å². The van der Waals surface area contributed by atoms with E-state index in [-0.39, 0.29) is 18.1 Å². The van der Waals surface area contributed by atoms with Gasteiger partial charge in [0.15, 0.2) is 0 Å². The first-order valence-corrected chi connectivity index (χ1v) is 6.19. The third kappa shape index (κ3) is 2.51. The van der Waals surface area contributed by atoms with Gasteiger partial charge in [-0.2, -0.15) is 0 Å².